The van der Waals surface area contributed by atoms with E-state index >= 15 is 0 Å². The second-order valence-electron chi connectivity index (χ2n) is 5.78. The van der Waals surface area contributed by atoms with Crippen molar-refractivity contribution in [2.75, 3.05) is 6.54 Å². The Kier molecular flexibility index (Phi) is 3.81. The van der Waals surface area contributed by atoms with E-state index in [1.54, 1.807) is 4.90 Å². The number of aryl methyl sites for hydroxylation is 2. The van der Waals surface area contributed by atoms with Gasteiger partial charge >= 0.3 is 0 Å². The monoisotopic (exact) mass is 337 g/mol. The molecule has 1 aliphatic rings. The molecule has 1 fully saturated rings. The first kappa shape index (κ1) is 15.8. The Morgan fingerprint density at radius 2 is 2.17 bits per heavy atom. The van der Waals surface area contributed by atoms with E-state index in [9.17, 15) is 13.2 Å². The van der Waals surface area contributed by atoms with E-state index < -0.39 is 10.0 Å². The minimum absolute atomic E-state index is 0.00707. The first-order valence-corrected chi connectivity index (χ1v) is 8.89. The smallest absolute Gasteiger partial charge is 0.290 e. The van der Waals surface area contributed by atoms with Crippen molar-refractivity contribution in [2.45, 2.75) is 30.7 Å². The molecule has 1 aliphatic heterocycles. The number of likely N-dealkylation sites (tertiary alicyclic amines) is 1. The third-order valence-corrected chi connectivity index (χ3v) is 5.25. The Balaban J connectivity index is 1.93. The van der Waals surface area contributed by atoms with Crippen LogP contribution in [0.1, 0.15) is 40.9 Å². The van der Waals surface area contributed by atoms with Crippen molar-refractivity contribution in [1.82, 2.24) is 9.47 Å². The number of hydrogen-bond donors (Lipinski definition) is 1. The van der Waals surface area contributed by atoms with Crippen LogP contribution in [0.2, 0.25) is 0 Å². The number of nitrogens with zero attached hydrogens (tertiary/aromatic N) is 2. The second-order valence-corrected chi connectivity index (χ2v) is 7.31. The summed E-state index contributed by atoms with van der Waals surface area (Å²) in [5.41, 5.74) is 1.05. The molecule has 7 nitrogen and oxygen atoms in total. The molecule has 1 unspecified atom stereocenters. The van der Waals surface area contributed by atoms with Gasteiger partial charge in [0.25, 0.3) is 5.91 Å². The third kappa shape index (κ3) is 2.79. The summed E-state index contributed by atoms with van der Waals surface area (Å²) in [6.45, 7) is 2.09. The average Bonchev–Trinajstić information content (AvgIpc) is 3.15. The van der Waals surface area contributed by atoms with Gasteiger partial charge < -0.3 is 13.9 Å². The van der Waals surface area contributed by atoms with Gasteiger partial charge in [-0.3, -0.25) is 4.79 Å². The van der Waals surface area contributed by atoms with E-state index in [4.69, 9.17) is 9.56 Å². The van der Waals surface area contributed by atoms with Crippen molar-refractivity contribution in [3.63, 3.8) is 0 Å². The van der Waals surface area contributed by atoms with Crippen molar-refractivity contribution >= 4 is 15.9 Å². The molecule has 124 valence electrons. The number of primary sulfonamides is 1. The number of sulfonamides is 1. The normalized spacial score (nSPS) is 18.6. The highest BCUT2D eigenvalue weighted by Crippen LogP contribution is 2.33. The maximum Gasteiger partial charge on any atom is 0.290 e. The van der Waals surface area contributed by atoms with Crippen LogP contribution in [-0.2, 0) is 17.1 Å². The van der Waals surface area contributed by atoms with Gasteiger partial charge in [0.1, 0.15) is 10.7 Å². The molecule has 1 atom stereocenters. The van der Waals surface area contributed by atoms with E-state index in [1.807, 2.05) is 29.9 Å². The van der Waals surface area contributed by atoms with E-state index in [0.717, 1.165) is 18.5 Å². The first-order valence-electron chi connectivity index (χ1n) is 7.34. The highest BCUT2D eigenvalue weighted by Gasteiger charge is 2.34. The van der Waals surface area contributed by atoms with Crippen LogP contribution in [0, 0.1) is 6.92 Å². The van der Waals surface area contributed by atoms with Gasteiger partial charge in [-0.05, 0) is 31.9 Å². The quantitative estimate of drug-likeness (QED) is 0.918. The van der Waals surface area contributed by atoms with Crippen molar-refractivity contribution in [3.8, 4) is 0 Å². The number of carbonyl (C=O) groups excluding carboxylic acids is 1. The van der Waals surface area contributed by atoms with Gasteiger partial charge in [-0.25, -0.2) is 13.6 Å². The van der Waals surface area contributed by atoms with Crippen LogP contribution in [0.3, 0.4) is 0 Å². The van der Waals surface area contributed by atoms with Gasteiger partial charge in [-0.1, -0.05) is 0 Å². The fourth-order valence-corrected chi connectivity index (χ4v) is 3.85. The molecule has 1 amide bonds. The fourth-order valence-electron chi connectivity index (χ4n) is 3.13. The summed E-state index contributed by atoms with van der Waals surface area (Å²) in [5.74, 6) is -0.176. The van der Waals surface area contributed by atoms with Crippen LogP contribution in [0.5, 0.6) is 0 Å². The zero-order chi connectivity index (χ0) is 16.8. The fraction of sp³-hybridized carbons (Fsp3) is 0.400. The molecule has 2 aromatic heterocycles. The topological polar surface area (TPSA) is 98.5 Å². The Hall–Kier alpha value is -2.06. The number of furan rings is 1. The lowest BCUT2D eigenvalue weighted by Crippen LogP contribution is -2.31. The van der Waals surface area contributed by atoms with Crippen LogP contribution in [0.15, 0.2) is 33.7 Å². The molecule has 0 aliphatic carbocycles. The molecule has 0 spiro atoms. The second kappa shape index (κ2) is 5.54. The lowest BCUT2D eigenvalue weighted by molar-refractivity contribution is 0.0697. The molecule has 1 saturated heterocycles. The predicted octanol–water partition coefficient (Wildman–Crippen LogP) is 1.55. The van der Waals surface area contributed by atoms with Crippen LogP contribution in [0.25, 0.3) is 0 Å². The van der Waals surface area contributed by atoms with E-state index in [-0.39, 0.29) is 28.4 Å². The molecule has 0 radical (unpaired) electrons. The number of carbonyl (C=O) groups is 1. The maximum absolute atomic E-state index is 12.7. The van der Waals surface area contributed by atoms with Crippen LogP contribution < -0.4 is 5.14 Å². The Morgan fingerprint density at radius 1 is 1.43 bits per heavy atom. The Morgan fingerprint density at radius 3 is 2.74 bits per heavy atom. The van der Waals surface area contributed by atoms with Crippen molar-refractivity contribution in [3.05, 3.63) is 41.6 Å². The summed E-state index contributed by atoms with van der Waals surface area (Å²) in [4.78, 5) is 14.3. The summed E-state index contributed by atoms with van der Waals surface area (Å²) in [6.07, 6.45) is 3.70. The zero-order valence-electron chi connectivity index (χ0n) is 13.0. The van der Waals surface area contributed by atoms with Gasteiger partial charge in [0.2, 0.25) is 10.0 Å². The standard InChI is InChI=1S/C15H19N3O4S/c1-10-14(23(16,20)21)9-13(22-10)15(19)18-8-4-6-12(18)11-5-3-7-17(11)2/h3,5,7,9,12H,4,6,8H2,1-2H3,(H2,16,20,21). The number of nitrogens with two attached hydrogens (primary N) is 1. The molecule has 3 rings (SSSR count). The van der Waals surface area contributed by atoms with Crippen molar-refractivity contribution < 1.29 is 17.6 Å². The van der Waals surface area contributed by atoms with Crippen molar-refractivity contribution in [1.29, 1.82) is 0 Å². The molecule has 0 bridgehead atoms. The van der Waals surface area contributed by atoms with Gasteiger partial charge in [-0.15, -0.1) is 0 Å². The third-order valence-electron chi connectivity index (χ3n) is 4.23. The SMILES string of the molecule is Cc1oc(C(=O)N2CCCC2c2cccn2C)cc1S(N)(=O)=O. The largest absolute Gasteiger partial charge is 0.455 e. The molecule has 2 N–H and O–H groups in total. The van der Waals surface area contributed by atoms with Gasteiger partial charge in [-0.2, -0.15) is 0 Å². The molecule has 0 aromatic carbocycles. The van der Waals surface area contributed by atoms with Gasteiger partial charge in [0.05, 0.1) is 6.04 Å². The highest BCUT2D eigenvalue weighted by molar-refractivity contribution is 7.89. The Labute approximate surface area is 134 Å². The van der Waals surface area contributed by atoms with Crippen LogP contribution >= 0.6 is 0 Å². The molecule has 8 heteroatoms. The van der Waals surface area contributed by atoms with Crippen LogP contribution in [0.4, 0.5) is 0 Å². The minimum Gasteiger partial charge on any atom is -0.455 e. The number of amides is 1. The molecule has 3 heterocycles. The number of hydrogen-bond acceptors (Lipinski definition) is 4. The summed E-state index contributed by atoms with van der Waals surface area (Å²) in [6, 6.07) is 5.10. The number of rotatable bonds is 3. The van der Waals surface area contributed by atoms with Crippen LogP contribution in [-0.4, -0.2) is 30.3 Å². The zero-order valence-corrected chi connectivity index (χ0v) is 13.8. The maximum atomic E-state index is 12.7. The highest BCUT2D eigenvalue weighted by atomic mass is 32.2. The van der Waals surface area contributed by atoms with Crippen molar-refractivity contribution in [2.24, 2.45) is 12.2 Å². The molecule has 0 saturated carbocycles. The van der Waals surface area contributed by atoms with Gasteiger partial charge in [0.15, 0.2) is 5.76 Å². The first-order chi connectivity index (χ1) is 10.8. The molecule has 23 heavy (non-hydrogen) atoms. The summed E-state index contributed by atoms with van der Waals surface area (Å²) < 4.78 is 30.3. The summed E-state index contributed by atoms with van der Waals surface area (Å²) in [5, 5.41) is 5.13. The molecular weight excluding hydrogens is 318 g/mol. The molecular formula is C15H19N3O4S. The van der Waals surface area contributed by atoms with Gasteiger partial charge in [0, 0.05) is 31.5 Å². The lowest BCUT2D eigenvalue weighted by Gasteiger charge is -2.24. The van der Waals surface area contributed by atoms with E-state index in [1.165, 1.54) is 13.0 Å². The summed E-state index contributed by atoms with van der Waals surface area (Å²) >= 11 is 0. The van der Waals surface area contributed by atoms with E-state index in [2.05, 4.69) is 0 Å². The average molecular weight is 337 g/mol. The minimum atomic E-state index is -3.90. The predicted molar refractivity (Wildman–Crippen MR) is 83.2 cm³/mol. The molecule has 2 aromatic rings. The Bertz CT molecular complexity index is 850. The summed E-state index contributed by atoms with van der Waals surface area (Å²) in [7, 11) is -1.96. The number of aromatic nitrogens is 1. The van der Waals surface area contributed by atoms with E-state index in [0.29, 0.717) is 6.54 Å². The lowest BCUT2D eigenvalue weighted by atomic mass is 10.1.